The van der Waals surface area contributed by atoms with Crippen molar-refractivity contribution in [3.8, 4) is 22.2 Å². The first-order valence-corrected chi connectivity index (χ1v) is 8.72. The molecule has 0 radical (unpaired) electrons. The molecular weight excluding hydrogens is 367 g/mol. The summed E-state index contributed by atoms with van der Waals surface area (Å²) in [5.74, 6) is 0.467. The maximum Gasteiger partial charge on any atom is 0.433 e. The number of hydrogen-bond donors (Lipinski definition) is 0. The summed E-state index contributed by atoms with van der Waals surface area (Å²) in [5, 5.41) is 13.7. The van der Waals surface area contributed by atoms with Crippen LogP contribution >= 0.6 is 11.3 Å². The summed E-state index contributed by atoms with van der Waals surface area (Å²) in [4.78, 5) is 5.18. The third-order valence-corrected chi connectivity index (χ3v) is 5.02. The molecule has 4 aromatic rings. The van der Waals surface area contributed by atoms with E-state index in [0.29, 0.717) is 11.6 Å². The van der Waals surface area contributed by atoms with Gasteiger partial charge < -0.3 is 4.42 Å². The second-order valence-electron chi connectivity index (χ2n) is 6.02. The molecule has 0 aliphatic heterocycles. The number of alkyl halides is 3. The monoisotopic (exact) mass is 377 g/mol. The molecule has 0 saturated heterocycles. The summed E-state index contributed by atoms with van der Waals surface area (Å²) in [5.41, 5.74) is -0.0744. The van der Waals surface area contributed by atoms with Crippen molar-refractivity contribution in [3.63, 3.8) is 0 Å². The predicted octanol–water partition coefficient (Wildman–Crippen LogP) is 4.40. The van der Waals surface area contributed by atoms with Crippen LogP contribution in [0.15, 0.2) is 34.2 Å². The van der Waals surface area contributed by atoms with E-state index < -0.39 is 11.9 Å². The van der Waals surface area contributed by atoms with E-state index >= 15 is 0 Å². The second-order valence-corrected chi connectivity index (χ2v) is 6.97. The predicted molar refractivity (Wildman–Crippen MR) is 86.6 cm³/mol. The summed E-state index contributed by atoms with van der Waals surface area (Å²) in [6.07, 6.45) is -1.58. The van der Waals surface area contributed by atoms with Crippen LogP contribution in [-0.2, 0) is 6.18 Å². The van der Waals surface area contributed by atoms with Crippen LogP contribution in [0.2, 0.25) is 0 Å². The molecule has 0 N–H and O–H groups in total. The Labute approximate surface area is 148 Å². The largest absolute Gasteiger partial charge is 0.433 e. The first-order valence-electron chi connectivity index (χ1n) is 7.84. The normalized spacial score (nSPS) is 15.0. The lowest BCUT2D eigenvalue weighted by molar-refractivity contribution is -0.142. The molecule has 1 aliphatic carbocycles. The lowest BCUT2D eigenvalue weighted by Gasteiger charge is -2.10. The van der Waals surface area contributed by atoms with E-state index in [1.165, 1.54) is 17.5 Å². The fraction of sp³-hybridized carbons (Fsp3) is 0.250. The Morgan fingerprint density at radius 2 is 2.00 bits per heavy atom. The van der Waals surface area contributed by atoms with E-state index in [-0.39, 0.29) is 23.0 Å². The highest BCUT2D eigenvalue weighted by atomic mass is 32.1. The maximum absolute atomic E-state index is 13.4. The van der Waals surface area contributed by atoms with E-state index in [9.17, 15) is 13.2 Å². The molecule has 5 rings (SSSR count). The minimum atomic E-state index is -4.54. The highest BCUT2D eigenvalue weighted by molar-refractivity contribution is 7.13. The Bertz CT molecular complexity index is 1100. The average Bonchev–Trinajstić information content (AvgIpc) is 3.03. The molecular formula is C16H10F3N5OS. The van der Waals surface area contributed by atoms with Gasteiger partial charge in [0.15, 0.2) is 5.65 Å². The van der Waals surface area contributed by atoms with Crippen molar-refractivity contribution < 1.29 is 17.6 Å². The standard InChI is InChI=1S/C16H10F3N5OS/c17-16(18,19)12-6-10(8-3-4-8)21-13-9(7-20-24(12)13)14-22-23-15(25-14)11-2-1-5-26-11/h1-2,5-8H,3-4H2. The lowest BCUT2D eigenvalue weighted by Crippen LogP contribution is -2.14. The third-order valence-electron chi connectivity index (χ3n) is 4.17. The lowest BCUT2D eigenvalue weighted by atomic mass is 10.2. The van der Waals surface area contributed by atoms with Crippen LogP contribution in [-0.4, -0.2) is 24.8 Å². The molecule has 6 nitrogen and oxygen atoms in total. The Morgan fingerprint density at radius 3 is 2.69 bits per heavy atom. The van der Waals surface area contributed by atoms with Crippen molar-refractivity contribution in [2.45, 2.75) is 24.9 Å². The molecule has 0 spiro atoms. The number of hydrogen-bond acceptors (Lipinski definition) is 6. The van der Waals surface area contributed by atoms with E-state index in [2.05, 4.69) is 20.3 Å². The number of nitrogens with zero attached hydrogens (tertiary/aromatic N) is 5. The molecule has 0 atom stereocenters. The molecule has 0 aromatic carbocycles. The quantitative estimate of drug-likeness (QED) is 0.529. The van der Waals surface area contributed by atoms with Crippen molar-refractivity contribution in [1.29, 1.82) is 0 Å². The Hall–Kier alpha value is -2.75. The molecule has 0 unspecified atom stereocenters. The third kappa shape index (κ3) is 2.48. The molecule has 132 valence electrons. The zero-order valence-electron chi connectivity index (χ0n) is 13.1. The highest BCUT2D eigenvalue weighted by Crippen LogP contribution is 2.42. The number of aromatic nitrogens is 5. The average molecular weight is 377 g/mol. The number of halogens is 3. The van der Waals surface area contributed by atoms with Crippen LogP contribution in [0.3, 0.4) is 0 Å². The Balaban J connectivity index is 1.68. The molecule has 10 heteroatoms. The molecule has 26 heavy (non-hydrogen) atoms. The van der Waals surface area contributed by atoms with Crippen LogP contribution in [0.25, 0.3) is 27.9 Å². The van der Waals surface area contributed by atoms with Crippen LogP contribution in [0.4, 0.5) is 13.2 Å². The van der Waals surface area contributed by atoms with Crippen molar-refractivity contribution in [2.24, 2.45) is 0 Å². The molecule has 0 amide bonds. The molecule has 4 heterocycles. The summed E-state index contributed by atoms with van der Waals surface area (Å²) >= 11 is 1.43. The van der Waals surface area contributed by atoms with Crippen LogP contribution in [0, 0.1) is 0 Å². The van der Waals surface area contributed by atoms with E-state index in [0.717, 1.165) is 28.3 Å². The topological polar surface area (TPSA) is 69.1 Å². The van der Waals surface area contributed by atoms with Gasteiger partial charge in [-0.05, 0) is 30.4 Å². The minimum Gasteiger partial charge on any atom is -0.415 e. The number of rotatable bonds is 3. The summed E-state index contributed by atoms with van der Waals surface area (Å²) in [6, 6.07) is 4.74. The van der Waals surface area contributed by atoms with Crippen molar-refractivity contribution in [2.75, 3.05) is 0 Å². The van der Waals surface area contributed by atoms with Crippen LogP contribution < -0.4 is 0 Å². The van der Waals surface area contributed by atoms with Gasteiger partial charge in [0.1, 0.15) is 11.3 Å². The van der Waals surface area contributed by atoms with E-state index in [4.69, 9.17) is 4.42 Å². The fourth-order valence-corrected chi connectivity index (χ4v) is 3.40. The smallest absolute Gasteiger partial charge is 0.415 e. The van der Waals surface area contributed by atoms with Gasteiger partial charge in [0.2, 0.25) is 0 Å². The van der Waals surface area contributed by atoms with Crippen molar-refractivity contribution in [1.82, 2.24) is 24.8 Å². The van der Waals surface area contributed by atoms with Gasteiger partial charge in [-0.3, -0.25) is 0 Å². The van der Waals surface area contributed by atoms with Gasteiger partial charge in [0.25, 0.3) is 11.8 Å². The van der Waals surface area contributed by atoms with Gasteiger partial charge in [-0.2, -0.15) is 18.3 Å². The molecule has 1 fully saturated rings. The van der Waals surface area contributed by atoms with E-state index in [1.807, 2.05) is 17.5 Å². The molecule has 1 saturated carbocycles. The van der Waals surface area contributed by atoms with Gasteiger partial charge >= 0.3 is 6.18 Å². The summed E-state index contributed by atoms with van der Waals surface area (Å²) in [7, 11) is 0. The fourth-order valence-electron chi connectivity index (χ4n) is 2.75. The number of fused-ring (bicyclic) bond motifs is 1. The summed E-state index contributed by atoms with van der Waals surface area (Å²) in [6.45, 7) is 0. The van der Waals surface area contributed by atoms with Gasteiger partial charge in [-0.25, -0.2) is 9.50 Å². The van der Waals surface area contributed by atoms with Gasteiger partial charge in [-0.1, -0.05) is 6.07 Å². The Kier molecular flexibility index (Phi) is 3.20. The van der Waals surface area contributed by atoms with Gasteiger partial charge in [0, 0.05) is 11.6 Å². The van der Waals surface area contributed by atoms with Crippen LogP contribution in [0.5, 0.6) is 0 Å². The molecule has 1 aliphatic rings. The van der Waals surface area contributed by atoms with E-state index in [1.54, 1.807) is 0 Å². The van der Waals surface area contributed by atoms with Gasteiger partial charge in [-0.15, -0.1) is 21.5 Å². The first kappa shape index (κ1) is 15.5. The number of thiophene rings is 1. The molecule has 4 aromatic heterocycles. The minimum absolute atomic E-state index is 0.0632. The van der Waals surface area contributed by atoms with Crippen molar-refractivity contribution in [3.05, 3.63) is 41.2 Å². The highest BCUT2D eigenvalue weighted by Gasteiger charge is 2.38. The first-order chi connectivity index (χ1) is 12.5. The Morgan fingerprint density at radius 1 is 1.19 bits per heavy atom. The second kappa shape index (κ2) is 5.37. The van der Waals surface area contributed by atoms with Crippen molar-refractivity contribution >= 4 is 17.0 Å². The van der Waals surface area contributed by atoms with Gasteiger partial charge in [0.05, 0.1) is 11.1 Å². The zero-order valence-corrected chi connectivity index (χ0v) is 13.9. The maximum atomic E-state index is 13.4. The summed E-state index contributed by atoms with van der Waals surface area (Å²) < 4.78 is 46.8. The SMILES string of the molecule is FC(F)(F)c1cc(C2CC2)nc2c(-c3nnc(-c4cccs4)o3)cnn12. The van der Waals surface area contributed by atoms with Crippen LogP contribution in [0.1, 0.15) is 30.1 Å². The molecule has 0 bridgehead atoms. The zero-order chi connectivity index (χ0) is 17.9.